The maximum Gasteiger partial charge on any atom is 0.470 e. The molecule has 8 nitrogen and oxygen atoms in total. The Bertz CT molecular complexity index is 566. The minimum absolute atomic E-state index is 0.185. The third-order valence-corrected chi connectivity index (χ3v) is 6.91. The molecule has 1 atom stereocenters. The fraction of sp³-hybridized carbons (Fsp3) is 0.963. The topological polar surface area (TPSA) is 108 Å². The van der Waals surface area contributed by atoms with Crippen molar-refractivity contribution < 1.29 is 28.2 Å². The van der Waals surface area contributed by atoms with Crippen LogP contribution in [0.15, 0.2) is 0 Å². The minimum Gasteiger partial charge on any atom is -0.338 e. The molecule has 1 unspecified atom stereocenters. The molecule has 36 heavy (non-hydrogen) atoms. The first-order valence-electron chi connectivity index (χ1n) is 14.6. The van der Waals surface area contributed by atoms with Crippen LogP contribution in [0.5, 0.6) is 0 Å². The van der Waals surface area contributed by atoms with Crippen LogP contribution in [0.1, 0.15) is 122 Å². The van der Waals surface area contributed by atoms with E-state index in [1.165, 1.54) is 89.9 Å². The molecule has 0 bridgehead atoms. The summed E-state index contributed by atoms with van der Waals surface area (Å²) in [5.74, 6) is 0. The van der Waals surface area contributed by atoms with Gasteiger partial charge in [0.05, 0.1) is 21.1 Å². The maximum atomic E-state index is 11.9. The maximum absolute atomic E-state index is 11.9. The highest BCUT2D eigenvalue weighted by Crippen LogP contribution is 2.38. The number of rotatable bonds is 25. The second-order valence-corrected chi connectivity index (χ2v) is 12.5. The molecule has 0 fully saturated rings. The zero-order valence-electron chi connectivity index (χ0n) is 23.9. The third kappa shape index (κ3) is 27.9. The van der Waals surface area contributed by atoms with E-state index in [-0.39, 0.29) is 6.03 Å². The number of hydrogen-bond acceptors (Lipinski definition) is 3. The normalized spacial score (nSPS) is 13.1. The number of nitrogens with zero attached hydrogens (tertiary/aromatic N) is 1. The monoisotopic (exact) mass is 536 g/mol. The van der Waals surface area contributed by atoms with Crippen molar-refractivity contribution in [3.05, 3.63) is 0 Å². The van der Waals surface area contributed by atoms with Crippen LogP contribution in [-0.4, -0.2) is 67.2 Å². The van der Waals surface area contributed by atoms with Gasteiger partial charge in [0.25, 0.3) is 0 Å². The quantitative estimate of drug-likeness (QED) is 0.0604. The molecule has 2 amide bonds. The van der Waals surface area contributed by atoms with Gasteiger partial charge in [-0.25, -0.2) is 9.36 Å². The van der Waals surface area contributed by atoms with Crippen molar-refractivity contribution in [2.75, 3.05) is 40.8 Å². The summed E-state index contributed by atoms with van der Waals surface area (Å²) in [6.45, 7) is 3.88. The fourth-order valence-electron chi connectivity index (χ4n) is 4.45. The van der Waals surface area contributed by atoms with Gasteiger partial charge in [-0.1, -0.05) is 103 Å². The van der Waals surface area contributed by atoms with Gasteiger partial charge in [0.1, 0.15) is 12.6 Å². The van der Waals surface area contributed by atoms with Crippen LogP contribution in [0.4, 0.5) is 4.79 Å². The molecule has 0 aliphatic carbocycles. The predicted molar refractivity (Wildman–Crippen MR) is 150 cm³/mol. The van der Waals surface area contributed by atoms with E-state index in [4.69, 9.17) is 14.3 Å². The summed E-state index contributed by atoms with van der Waals surface area (Å²) in [4.78, 5) is 30.1. The zero-order valence-corrected chi connectivity index (χ0v) is 24.8. The van der Waals surface area contributed by atoms with Crippen LogP contribution in [0.2, 0.25) is 0 Å². The lowest BCUT2D eigenvalue weighted by Crippen LogP contribution is -2.42. The van der Waals surface area contributed by atoms with Gasteiger partial charge in [-0.2, -0.15) is 0 Å². The number of carbonyl (C=O) groups is 1. The molecule has 4 N–H and O–H groups in total. The second-order valence-electron chi connectivity index (χ2n) is 11.3. The Morgan fingerprint density at radius 2 is 1.11 bits per heavy atom. The highest BCUT2D eigenvalue weighted by molar-refractivity contribution is 7.46. The largest absolute Gasteiger partial charge is 0.470 e. The highest BCUT2D eigenvalue weighted by atomic mass is 31.2. The summed E-state index contributed by atoms with van der Waals surface area (Å²) in [6.07, 6.45) is 21.8. The molecule has 0 saturated carbocycles. The van der Waals surface area contributed by atoms with E-state index in [1.54, 1.807) is 0 Å². The van der Waals surface area contributed by atoms with Crippen molar-refractivity contribution in [2.24, 2.45) is 0 Å². The van der Waals surface area contributed by atoms with E-state index in [0.29, 0.717) is 37.0 Å². The Labute approximate surface area is 222 Å². The van der Waals surface area contributed by atoms with Crippen LogP contribution in [0.25, 0.3) is 0 Å². The average Bonchev–Trinajstić information content (AvgIpc) is 2.76. The molecule has 0 aliphatic heterocycles. The number of urea groups is 1. The molecule has 0 aromatic carbocycles. The lowest BCUT2D eigenvalue weighted by atomic mass is 10.0. The Morgan fingerprint density at radius 3 is 1.50 bits per heavy atom. The molecule has 0 radical (unpaired) electrons. The SMILES string of the molecule is CCCCCCCCCCCCCCCCCCNC(=O)NCCCC(C[N+](C)(C)C)OP(=O)(O)O. The minimum atomic E-state index is -4.53. The van der Waals surface area contributed by atoms with E-state index in [0.717, 1.165) is 12.8 Å². The van der Waals surface area contributed by atoms with E-state index in [9.17, 15) is 9.36 Å². The number of carbonyl (C=O) groups excluding carboxylic acids is 1. The standard InChI is InChI=1S/C27H58N3O5P/c1-5-6-7-8-9-10-11-12-13-14-15-16-17-18-19-20-23-28-27(31)29-24-21-22-26(25-30(2,3)4)35-36(32,33)34/h26H,5-25H2,1-4H3,(H3-,28,29,31,32,33,34)/p+1. The van der Waals surface area contributed by atoms with Gasteiger partial charge in [0, 0.05) is 13.1 Å². The van der Waals surface area contributed by atoms with E-state index >= 15 is 0 Å². The molecule has 0 aliphatic rings. The summed E-state index contributed by atoms with van der Waals surface area (Å²) in [5, 5.41) is 5.70. The average molecular weight is 537 g/mol. The molecule has 0 spiro atoms. The fourth-order valence-corrected chi connectivity index (χ4v) is 5.01. The van der Waals surface area contributed by atoms with Crippen LogP contribution >= 0.6 is 7.82 Å². The Hall–Kier alpha value is -0.660. The first-order chi connectivity index (χ1) is 17.0. The van der Waals surface area contributed by atoms with Crippen LogP contribution in [0.3, 0.4) is 0 Å². The number of unbranched alkanes of at least 4 members (excludes halogenated alkanes) is 15. The predicted octanol–water partition coefficient (Wildman–Crippen LogP) is 6.51. The van der Waals surface area contributed by atoms with E-state index in [1.807, 2.05) is 21.1 Å². The van der Waals surface area contributed by atoms with Crippen molar-refractivity contribution in [3.63, 3.8) is 0 Å². The summed E-state index contributed by atoms with van der Waals surface area (Å²) in [6, 6.07) is -0.185. The van der Waals surface area contributed by atoms with Gasteiger partial charge in [0.15, 0.2) is 0 Å². The van der Waals surface area contributed by atoms with Crippen molar-refractivity contribution in [2.45, 2.75) is 129 Å². The Balaban J connectivity index is 3.52. The first-order valence-corrected chi connectivity index (χ1v) is 16.1. The van der Waals surface area contributed by atoms with Gasteiger partial charge < -0.3 is 24.9 Å². The molecule has 0 rings (SSSR count). The van der Waals surface area contributed by atoms with Gasteiger partial charge in [-0.05, 0) is 19.3 Å². The smallest absolute Gasteiger partial charge is 0.338 e. The van der Waals surface area contributed by atoms with Crippen molar-refractivity contribution in [1.29, 1.82) is 0 Å². The number of phosphoric acid groups is 1. The molecular formula is C27H59N3O5P+. The molecule has 216 valence electrons. The van der Waals surface area contributed by atoms with Crippen LogP contribution in [0, 0.1) is 0 Å². The van der Waals surface area contributed by atoms with Gasteiger partial charge in [0.2, 0.25) is 0 Å². The molecule has 9 heteroatoms. The molecular weight excluding hydrogens is 477 g/mol. The number of phosphoric ester groups is 1. The van der Waals surface area contributed by atoms with Crippen LogP contribution < -0.4 is 10.6 Å². The second kappa shape index (κ2) is 22.3. The molecule has 0 aromatic rings. The number of nitrogens with one attached hydrogen (secondary N) is 2. The summed E-state index contributed by atoms with van der Waals surface area (Å²) in [7, 11) is 1.31. The Kier molecular flexibility index (Phi) is 21.9. The van der Waals surface area contributed by atoms with Gasteiger partial charge in [-0.3, -0.25) is 4.52 Å². The lowest BCUT2D eigenvalue weighted by molar-refractivity contribution is -0.873. The number of hydrogen-bond donors (Lipinski definition) is 4. The molecule has 0 aromatic heterocycles. The van der Waals surface area contributed by atoms with Gasteiger partial charge >= 0.3 is 13.9 Å². The van der Waals surface area contributed by atoms with Crippen molar-refractivity contribution >= 4 is 13.9 Å². The zero-order chi connectivity index (χ0) is 27.1. The first kappa shape index (κ1) is 35.3. The van der Waals surface area contributed by atoms with Gasteiger partial charge in [-0.15, -0.1) is 0 Å². The number of likely N-dealkylation sites (N-methyl/N-ethyl adjacent to an activating group) is 1. The number of amides is 2. The van der Waals surface area contributed by atoms with E-state index < -0.39 is 13.9 Å². The van der Waals surface area contributed by atoms with Crippen LogP contribution in [-0.2, 0) is 9.09 Å². The summed E-state index contributed by atoms with van der Waals surface area (Å²) in [5.41, 5.74) is 0. The summed E-state index contributed by atoms with van der Waals surface area (Å²) < 4.78 is 16.6. The third-order valence-electron chi connectivity index (χ3n) is 6.34. The number of quaternary nitrogens is 1. The molecule has 0 heterocycles. The lowest BCUT2D eigenvalue weighted by Gasteiger charge is -2.29. The van der Waals surface area contributed by atoms with Crippen molar-refractivity contribution in [1.82, 2.24) is 10.6 Å². The van der Waals surface area contributed by atoms with E-state index in [2.05, 4.69) is 17.6 Å². The summed E-state index contributed by atoms with van der Waals surface area (Å²) >= 11 is 0. The molecule has 0 saturated heterocycles. The Morgan fingerprint density at radius 1 is 0.722 bits per heavy atom. The van der Waals surface area contributed by atoms with Crippen molar-refractivity contribution in [3.8, 4) is 0 Å². The highest BCUT2D eigenvalue weighted by Gasteiger charge is 2.26.